The minimum absolute atomic E-state index is 0.0643. The van der Waals surface area contributed by atoms with Crippen molar-refractivity contribution in [2.24, 2.45) is 0 Å². The Morgan fingerprint density at radius 1 is 0.955 bits per heavy atom. The van der Waals surface area contributed by atoms with Crippen molar-refractivity contribution in [1.29, 1.82) is 0 Å². The van der Waals surface area contributed by atoms with Crippen LogP contribution in [0.15, 0.2) is 63.2 Å². The molecule has 0 aliphatic rings. The second-order valence-electron chi connectivity index (χ2n) is 4.60. The zero-order chi connectivity index (χ0) is 15.9. The third-order valence-corrected chi connectivity index (χ3v) is 5.02. The number of hydrogen-bond donors (Lipinski definition) is 1. The van der Waals surface area contributed by atoms with Gasteiger partial charge in [0.25, 0.3) is 0 Å². The highest BCUT2D eigenvalue weighted by Gasteiger charge is 2.23. The first kappa shape index (κ1) is 14.4. The van der Waals surface area contributed by atoms with Crippen molar-refractivity contribution < 1.29 is 17.2 Å². The van der Waals surface area contributed by atoms with Crippen LogP contribution in [0.3, 0.4) is 0 Å². The highest BCUT2D eigenvalue weighted by Crippen LogP contribution is 2.20. The summed E-state index contributed by atoms with van der Waals surface area (Å²) in [5.74, 6) is -1.24. The molecule has 1 heterocycles. The molecule has 0 unspecified atom stereocenters. The van der Waals surface area contributed by atoms with Crippen LogP contribution in [-0.4, -0.2) is 13.4 Å². The molecule has 3 aromatic rings. The van der Waals surface area contributed by atoms with Gasteiger partial charge in [-0.25, -0.2) is 17.2 Å². The molecule has 1 aromatic heterocycles. The standard InChI is InChI=1S/C15H9F2NO3S/c16-9-4-6-10(7-5-9)22(20,21)13-8-18-14-11(15(13)19)2-1-3-12(14)17/h1-8H,(H,18,19). The number of rotatable bonds is 2. The number of para-hydroxylation sites is 1. The van der Waals surface area contributed by atoms with Gasteiger partial charge in [-0.15, -0.1) is 0 Å². The number of fused-ring (bicyclic) bond motifs is 1. The molecule has 0 aliphatic carbocycles. The number of aromatic amines is 1. The van der Waals surface area contributed by atoms with E-state index >= 15 is 0 Å². The average molecular weight is 321 g/mol. The number of halogens is 2. The van der Waals surface area contributed by atoms with Gasteiger partial charge in [-0.2, -0.15) is 0 Å². The molecule has 0 saturated heterocycles. The molecule has 7 heteroatoms. The predicted molar refractivity (Wildman–Crippen MR) is 76.4 cm³/mol. The molecule has 0 fully saturated rings. The molecular weight excluding hydrogens is 312 g/mol. The van der Waals surface area contributed by atoms with E-state index in [0.717, 1.165) is 36.5 Å². The second-order valence-corrected chi connectivity index (χ2v) is 6.52. The SMILES string of the molecule is O=c1c(S(=O)(=O)c2ccc(F)cc2)c[nH]c2c(F)cccc12. The molecular formula is C15H9F2NO3S. The van der Waals surface area contributed by atoms with Crippen molar-refractivity contribution in [2.75, 3.05) is 0 Å². The Hall–Kier alpha value is -2.54. The molecule has 0 aliphatic heterocycles. The quantitative estimate of drug-likeness (QED) is 0.738. The van der Waals surface area contributed by atoms with Crippen LogP contribution in [0.4, 0.5) is 8.78 Å². The fraction of sp³-hybridized carbons (Fsp3) is 0. The van der Waals surface area contributed by atoms with Gasteiger partial charge < -0.3 is 4.98 Å². The van der Waals surface area contributed by atoms with E-state index in [0.29, 0.717) is 0 Å². The molecule has 2 aromatic carbocycles. The molecule has 4 nitrogen and oxygen atoms in total. The van der Waals surface area contributed by atoms with Crippen molar-refractivity contribution >= 4 is 20.7 Å². The summed E-state index contributed by atoms with van der Waals surface area (Å²) < 4.78 is 51.4. The van der Waals surface area contributed by atoms with Crippen molar-refractivity contribution in [3.8, 4) is 0 Å². The van der Waals surface area contributed by atoms with Gasteiger partial charge in [0.1, 0.15) is 16.5 Å². The van der Waals surface area contributed by atoms with Gasteiger partial charge in [0.05, 0.1) is 10.4 Å². The first-order chi connectivity index (χ1) is 10.4. The maximum Gasteiger partial charge on any atom is 0.211 e. The van der Waals surface area contributed by atoms with E-state index in [1.54, 1.807) is 0 Å². The lowest BCUT2D eigenvalue weighted by molar-refractivity contribution is 0.593. The third-order valence-electron chi connectivity index (χ3n) is 3.24. The number of H-pyrrole nitrogens is 1. The smallest absolute Gasteiger partial charge is 0.211 e. The summed E-state index contributed by atoms with van der Waals surface area (Å²) in [5.41, 5.74) is -0.872. The van der Waals surface area contributed by atoms with Crippen molar-refractivity contribution in [1.82, 2.24) is 4.98 Å². The van der Waals surface area contributed by atoms with Crippen molar-refractivity contribution in [2.45, 2.75) is 9.79 Å². The first-order valence-electron chi connectivity index (χ1n) is 6.22. The molecule has 3 rings (SSSR count). The van der Waals surface area contributed by atoms with Gasteiger partial charge in [-0.1, -0.05) is 6.07 Å². The number of sulfone groups is 1. The lowest BCUT2D eigenvalue weighted by Crippen LogP contribution is -2.16. The van der Waals surface area contributed by atoms with Gasteiger partial charge in [0, 0.05) is 11.6 Å². The summed E-state index contributed by atoms with van der Waals surface area (Å²) >= 11 is 0. The summed E-state index contributed by atoms with van der Waals surface area (Å²) in [7, 11) is -4.12. The maximum atomic E-state index is 13.6. The number of hydrogen-bond acceptors (Lipinski definition) is 3. The fourth-order valence-corrected chi connectivity index (χ4v) is 3.45. The molecule has 0 atom stereocenters. The van der Waals surface area contributed by atoms with Crippen LogP contribution in [0, 0.1) is 11.6 Å². The number of pyridine rings is 1. The van der Waals surface area contributed by atoms with Crippen LogP contribution in [0.5, 0.6) is 0 Å². The molecule has 0 amide bonds. The summed E-state index contributed by atoms with van der Waals surface area (Å²) in [4.78, 5) is 14.1. The van der Waals surface area contributed by atoms with Crippen molar-refractivity contribution in [3.63, 3.8) is 0 Å². The first-order valence-corrected chi connectivity index (χ1v) is 7.70. The second kappa shape index (κ2) is 5.03. The minimum atomic E-state index is -4.12. The van der Waals surface area contributed by atoms with E-state index in [1.807, 2.05) is 0 Å². The Bertz CT molecular complexity index is 1020. The Balaban J connectivity index is 2.28. The van der Waals surface area contributed by atoms with Crippen molar-refractivity contribution in [3.05, 3.63) is 70.5 Å². The van der Waals surface area contributed by atoms with E-state index in [1.165, 1.54) is 12.1 Å². The predicted octanol–water partition coefficient (Wildman–Crippen LogP) is 2.64. The summed E-state index contributed by atoms with van der Waals surface area (Å²) in [5, 5.41) is -0.0665. The maximum absolute atomic E-state index is 13.6. The van der Waals surface area contributed by atoms with E-state index in [2.05, 4.69) is 4.98 Å². The monoisotopic (exact) mass is 321 g/mol. The van der Waals surface area contributed by atoms with Crippen LogP contribution in [0.1, 0.15) is 0 Å². The number of nitrogens with one attached hydrogen (secondary N) is 1. The molecule has 1 N–H and O–H groups in total. The average Bonchev–Trinajstić information content (AvgIpc) is 2.49. The molecule has 0 bridgehead atoms. The molecule has 0 spiro atoms. The van der Waals surface area contributed by atoms with Gasteiger partial charge in [-0.05, 0) is 36.4 Å². The van der Waals surface area contributed by atoms with E-state index in [4.69, 9.17) is 0 Å². The molecule has 0 saturated carbocycles. The lowest BCUT2D eigenvalue weighted by Gasteiger charge is -2.06. The Kier molecular flexibility index (Phi) is 3.29. The van der Waals surface area contributed by atoms with Crippen LogP contribution >= 0.6 is 0 Å². The van der Waals surface area contributed by atoms with Gasteiger partial charge >= 0.3 is 0 Å². The topological polar surface area (TPSA) is 67.0 Å². The zero-order valence-corrected chi connectivity index (χ0v) is 11.8. The lowest BCUT2D eigenvalue weighted by atomic mass is 10.2. The van der Waals surface area contributed by atoms with Crippen LogP contribution in [0.2, 0.25) is 0 Å². The Labute approximate surface area is 124 Å². The van der Waals surface area contributed by atoms with Crippen LogP contribution in [0.25, 0.3) is 10.9 Å². The van der Waals surface area contributed by atoms with Crippen LogP contribution in [-0.2, 0) is 9.84 Å². The highest BCUT2D eigenvalue weighted by molar-refractivity contribution is 7.91. The van der Waals surface area contributed by atoms with E-state index in [-0.39, 0.29) is 15.8 Å². The fourth-order valence-electron chi connectivity index (χ4n) is 2.14. The minimum Gasteiger partial charge on any atom is -0.357 e. The van der Waals surface area contributed by atoms with Gasteiger partial charge in [-0.3, -0.25) is 4.79 Å². The summed E-state index contributed by atoms with van der Waals surface area (Å²) in [6.07, 6.45) is 0.951. The molecule has 22 heavy (non-hydrogen) atoms. The van der Waals surface area contributed by atoms with E-state index < -0.39 is 31.8 Å². The molecule has 0 radical (unpaired) electrons. The number of benzene rings is 2. The Morgan fingerprint density at radius 3 is 2.32 bits per heavy atom. The van der Waals surface area contributed by atoms with Gasteiger partial charge in [0.15, 0.2) is 0 Å². The largest absolute Gasteiger partial charge is 0.357 e. The normalized spacial score (nSPS) is 11.7. The summed E-state index contributed by atoms with van der Waals surface area (Å²) in [6, 6.07) is 7.93. The third kappa shape index (κ3) is 2.19. The van der Waals surface area contributed by atoms with E-state index in [9.17, 15) is 22.0 Å². The summed E-state index contributed by atoms with van der Waals surface area (Å²) in [6.45, 7) is 0. The van der Waals surface area contributed by atoms with Crippen LogP contribution < -0.4 is 5.43 Å². The highest BCUT2D eigenvalue weighted by atomic mass is 32.2. The Morgan fingerprint density at radius 2 is 1.64 bits per heavy atom. The molecule has 112 valence electrons. The van der Waals surface area contributed by atoms with Gasteiger partial charge in [0.2, 0.25) is 15.3 Å². The number of aromatic nitrogens is 1. The zero-order valence-electron chi connectivity index (χ0n) is 11.0.